The van der Waals surface area contributed by atoms with Gasteiger partial charge < -0.3 is 19.8 Å². The number of carbonyl (C=O) groups is 1. The van der Waals surface area contributed by atoms with Gasteiger partial charge in [-0.15, -0.1) is 0 Å². The van der Waals surface area contributed by atoms with Crippen molar-refractivity contribution in [1.29, 1.82) is 0 Å². The van der Waals surface area contributed by atoms with Gasteiger partial charge in [0.05, 0.1) is 39.9 Å². The van der Waals surface area contributed by atoms with Gasteiger partial charge in [0.2, 0.25) is 5.91 Å². The van der Waals surface area contributed by atoms with Crippen molar-refractivity contribution >= 4 is 13.7 Å². The zero-order chi connectivity index (χ0) is 47.1. The molecule has 0 spiro atoms. The number of carbonyl (C=O) groups excluding carboxylic acids is 1. The number of unbranched alkanes of at least 4 members (excludes halogenated alkanes) is 36. The second-order valence-corrected chi connectivity index (χ2v) is 21.8. The number of allylic oxidation sites excluding steroid dienone is 3. The highest BCUT2D eigenvalue weighted by molar-refractivity contribution is 7.47. The molecule has 64 heavy (non-hydrogen) atoms. The fraction of sp³-hybridized carbons (Fsp3) is 0.909. The van der Waals surface area contributed by atoms with Crippen LogP contribution in [0.5, 0.6) is 0 Å². The number of amides is 1. The van der Waals surface area contributed by atoms with Gasteiger partial charge in [0.25, 0.3) is 0 Å². The zero-order valence-electron chi connectivity index (χ0n) is 43.3. The molecule has 0 saturated heterocycles. The third kappa shape index (κ3) is 48.9. The van der Waals surface area contributed by atoms with Gasteiger partial charge in [-0.2, -0.15) is 0 Å². The van der Waals surface area contributed by atoms with E-state index in [-0.39, 0.29) is 19.1 Å². The molecule has 0 aromatic carbocycles. The Balaban J connectivity index is 4.02. The molecule has 0 bridgehead atoms. The van der Waals surface area contributed by atoms with E-state index in [1.54, 1.807) is 6.08 Å². The number of nitrogens with one attached hydrogen (secondary N) is 1. The molecule has 0 aliphatic rings. The lowest BCUT2D eigenvalue weighted by Crippen LogP contribution is -2.45. The first-order valence-electron chi connectivity index (χ1n) is 27.7. The van der Waals surface area contributed by atoms with Crippen molar-refractivity contribution in [3.05, 3.63) is 24.3 Å². The van der Waals surface area contributed by atoms with Crippen molar-refractivity contribution in [1.82, 2.24) is 5.32 Å². The van der Waals surface area contributed by atoms with Gasteiger partial charge in [-0.1, -0.05) is 256 Å². The first kappa shape index (κ1) is 63.0. The number of likely N-dealkylation sites (N-methyl/N-ethyl adjacent to an activating group) is 1. The van der Waals surface area contributed by atoms with Gasteiger partial charge in [0, 0.05) is 6.42 Å². The second-order valence-electron chi connectivity index (χ2n) is 20.3. The maximum Gasteiger partial charge on any atom is 0.472 e. The van der Waals surface area contributed by atoms with Crippen molar-refractivity contribution < 1.29 is 32.9 Å². The van der Waals surface area contributed by atoms with Crippen molar-refractivity contribution in [2.45, 2.75) is 283 Å². The highest BCUT2D eigenvalue weighted by Gasteiger charge is 2.27. The van der Waals surface area contributed by atoms with Gasteiger partial charge >= 0.3 is 7.82 Å². The minimum Gasteiger partial charge on any atom is -0.387 e. The number of aliphatic hydroxyl groups excluding tert-OH is 1. The number of aliphatic hydroxyl groups is 1. The highest BCUT2D eigenvalue weighted by atomic mass is 31.2. The van der Waals surface area contributed by atoms with E-state index in [0.29, 0.717) is 17.4 Å². The van der Waals surface area contributed by atoms with Gasteiger partial charge in [-0.25, -0.2) is 4.57 Å². The van der Waals surface area contributed by atoms with Gasteiger partial charge in [0.1, 0.15) is 13.2 Å². The van der Waals surface area contributed by atoms with Crippen LogP contribution >= 0.6 is 7.82 Å². The van der Waals surface area contributed by atoms with E-state index in [0.717, 1.165) is 38.5 Å². The quantitative estimate of drug-likeness (QED) is 0.0243. The molecule has 0 saturated carbocycles. The summed E-state index contributed by atoms with van der Waals surface area (Å²) in [5.41, 5.74) is 0. The maximum atomic E-state index is 12.9. The Morgan fingerprint density at radius 2 is 0.859 bits per heavy atom. The first-order valence-corrected chi connectivity index (χ1v) is 29.2. The number of hydrogen-bond donors (Lipinski definition) is 3. The summed E-state index contributed by atoms with van der Waals surface area (Å²) in [6, 6.07) is -0.858. The summed E-state index contributed by atoms with van der Waals surface area (Å²) in [7, 11) is 1.56. The largest absolute Gasteiger partial charge is 0.472 e. The Labute approximate surface area is 398 Å². The lowest BCUT2D eigenvalue weighted by atomic mass is 10.0. The summed E-state index contributed by atoms with van der Waals surface area (Å²) in [6.45, 7) is 4.80. The Kier molecular flexibility index (Phi) is 46.3. The number of phosphoric acid groups is 1. The topological polar surface area (TPSA) is 105 Å². The van der Waals surface area contributed by atoms with E-state index >= 15 is 0 Å². The fourth-order valence-electron chi connectivity index (χ4n) is 8.30. The van der Waals surface area contributed by atoms with Crippen LogP contribution in [-0.4, -0.2) is 73.4 Å². The minimum absolute atomic E-state index is 0.0584. The summed E-state index contributed by atoms with van der Waals surface area (Å²) in [6.07, 6.45) is 58.7. The number of hydrogen-bond acceptors (Lipinski definition) is 5. The predicted octanol–water partition coefficient (Wildman–Crippen LogP) is 16.4. The summed E-state index contributed by atoms with van der Waals surface area (Å²) in [5.74, 6) is -0.183. The highest BCUT2D eigenvalue weighted by Crippen LogP contribution is 2.43. The van der Waals surface area contributed by atoms with Gasteiger partial charge in [-0.05, 0) is 32.1 Å². The molecule has 380 valence electrons. The SMILES string of the molecule is CCCCCCCC/C=C/CC/C=C/C(O)C(COP(=O)(O)OCC[N+](C)(C)C)NC(=O)CCCCCCCCCCCCCCCCCCCCCCCCCCCCCCCC. The molecule has 0 aliphatic heterocycles. The van der Waals surface area contributed by atoms with Crippen LogP contribution in [0.3, 0.4) is 0 Å². The summed E-state index contributed by atoms with van der Waals surface area (Å²) < 4.78 is 23.6. The van der Waals surface area contributed by atoms with Crippen molar-refractivity contribution in [3.63, 3.8) is 0 Å². The van der Waals surface area contributed by atoms with E-state index in [9.17, 15) is 19.4 Å². The molecule has 0 heterocycles. The first-order chi connectivity index (χ1) is 31.0. The number of rotatable bonds is 51. The van der Waals surface area contributed by atoms with E-state index in [1.807, 2.05) is 27.2 Å². The Hall–Kier alpha value is -1.02. The van der Waals surface area contributed by atoms with Gasteiger partial charge in [0.15, 0.2) is 0 Å². The lowest BCUT2D eigenvalue weighted by molar-refractivity contribution is -0.870. The minimum atomic E-state index is -4.34. The molecule has 0 radical (unpaired) electrons. The molecular weight excluding hydrogens is 816 g/mol. The fourth-order valence-corrected chi connectivity index (χ4v) is 9.03. The van der Waals surface area contributed by atoms with Crippen LogP contribution in [0.25, 0.3) is 0 Å². The average molecular weight is 926 g/mol. The molecule has 0 rings (SSSR count). The van der Waals surface area contributed by atoms with Gasteiger partial charge in [-0.3, -0.25) is 13.8 Å². The standard InChI is InChI=1S/C55H109N2O6P/c1-6-8-10-12-14-16-18-20-21-22-23-24-25-26-27-28-29-30-31-32-33-34-35-36-37-39-41-43-45-47-49-55(59)56-53(52-63-64(60,61)62-51-50-57(3,4)5)54(58)48-46-44-42-40-38-19-17-15-13-11-9-7-2/h38,40,46,48,53-54,58H,6-37,39,41-45,47,49-52H2,1-5H3,(H-,56,59,60,61)/p+1/b40-38+,48-46+. The lowest BCUT2D eigenvalue weighted by Gasteiger charge is -2.25. The van der Waals surface area contributed by atoms with E-state index < -0.39 is 20.0 Å². The Morgan fingerprint density at radius 1 is 0.516 bits per heavy atom. The number of nitrogens with zero attached hydrogens (tertiary/aromatic N) is 1. The van der Waals surface area contributed by atoms with Crippen molar-refractivity contribution in [3.8, 4) is 0 Å². The predicted molar refractivity (Wildman–Crippen MR) is 277 cm³/mol. The summed E-state index contributed by atoms with van der Waals surface area (Å²) in [4.78, 5) is 23.2. The van der Waals surface area contributed by atoms with E-state index in [1.165, 1.54) is 212 Å². The van der Waals surface area contributed by atoms with Crippen LogP contribution in [0.4, 0.5) is 0 Å². The third-order valence-electron chi connectivity index (χ3n) is 12.7. The molecular formula is C55H110N2O6P+. The molecule has 0 aromatic heterocycles. The maximum absolute atomic E-state index is 12.9. The van der Waals surface area contributed by atoms with Crippen LogP contribution in [0.2, 0.25) is 0 Å². The molecule has 1 amide bonds. The molecule has 3 unspecified atom stereocenters. The molecule has 0 aromatic rings. The molecule has 0 aliphatic carbocycles. The monoisotopic (exact) mass is 926 g/mol. The number of phosphoric ester groups is 1. The van der Waals surface area contributed by atoms with Crippen LogP contribution in [-0.2, 0) is 18.4 Å². The molecule has 3 N–H and O–H groups in total. The molecule has 3 atom stereocenters. The molecule has 8 nitrogen and oxygen atoms in total. The smallest absolute Gasteiger partial charge is 0.387 e. The zero-order valence-corrected chi connectivity index (χ0v) is 44.2. The normalized spacial score (nSPS) is 14.2. The number of quaternary nitrogens is 1. The second kappa shape index (κ2) is 47.1. The van der Waals surface area contributed by atoms with E-state index in [4.69, 9.17) is 9.05 Å². The van der Waals surface area contributed by atoms with Crippen LogP contribution in [0.15, 0.2) is 24.3 Å². The molecule has 9 heteroatoms. The van der Waals surface area contributed by atoms with Crippen molar-refractivity contribution in [2.24, 2.45) is 0 Å². The molecule has 0 fully saturated rings. The van der Waals surface area contributed by atoms with Crippen molar-refractivity contribution in [2.75, 3.05) is 40.9 Å². The summed E-state index contributed by atoms with van der Waals surface area (Å²) in [5, 5.41) is 13.8. The van der Waals surface area contributed by atoms with Crippen LogP contribution in [0.1, 0.15) is 271 Å². The average Bonchev–Trinajstić information content (AvgIpc) is 3.25. The third-order valence-corrected chi connectivity index (χ3v) is 13.7. The Morgan fingerprint density at radius 3 is 1.25 bits per heavy atom. The Bertz CT molecular complexity index is 1090. The summed E-state index contributed by atoms with van der Waals surface area (Å²) >= 11 is 0. The van der Waals surface area contributed by atoms with Crippen LogP contribution < -0.4 is 5.32 Å². The van der Waals surface area contributed by atoms with Crippen LogP contribution in [0, 0.1) is 0 Å². The van der Waals surface area contributed by atoms with E-state index in [2.05, 4.69) is 31.3 Å².